The third-order valence-corrected chi connectivity index (χ3v) is 6.01. The van der Waals surface area contributed by atoms with Crippen LogP contribution in [0, 0.1) is 0 Å². The second-order valence-corrected chi connectivity index (χ2v) is 8.69. The van der Waals surface area contributed by atoms with Gasteiger partial charge in [0.25, 0.3) is 0 Å². The van der Waals surface area contributed by atoms with Gasteiger partial charge >= 0.3 is 10.2 Å². The molecule has 0 spiro atoms. The molecule has 0 heterocycles. The number of hydrogen-bond acceptors (Lipinski definition) is 3. The molecule has 1 amide bonds. The highest BCUT2D eigenvalue weighted by molar-refractivity contribution is 7.90. The quantitative estimate of drug-likeness (QED) is 0.716. The number of nitrogens with one attached hydrogen (secondary N) is 1. The number of benzene rings is 2. The Hall–Kier alpha value is -2.38. The van der Waals surface area contributed by atoms with Crippen LogP contribution in [0.3, 0.4) is 0 Å². The van der Waals surface area contributed by atoms with Gasteiger partial charge in [0.15, 0.2) is 0 Å². The molecule has 146 valence electrons. The number of amides is 1. The van der Waals surface area contributed by atoms with E-state index in [4.69, 9.17) is 0 Å². The number of hydrogen-bond donors (Lipinski definition) is 1. The third-order valence-electron chi connectivity index (χ3n) is 4.19. The van der Waals surface area contributed by atoms with Crippen LogP contribution in [0.15, 0.2) is 60.7 Å². The van der Waals surface area contributed by atoms with E-state index in [2.05, 4.69) is 17.4 Å². The molecule has 6 nitrogen and oxygen atoms in total. The Kier molecular flexibility index (Phi) is 7.38. The van der Waals surface area contributed by atoms with Crippen molar-refractivity contribution in [3.05, 3.63) is 66.2 Å². The molecular weight excluding hydrogens is 362 g/mol. The molecule has 0 saturated carbocycles. The number of aryl methyl sites for hydroxylation is 1. The standard InChI is InChI=1S/C20H27N3O3S/c1-17(14-15-18-10-6-4-7-11-18)21-20(24)16-23(27(25,26)22(2)3)19-12-8-5-9-13-19/h4-13,17H,14-16H2,1-3H3,(H,21,24)/t17-/m0/s1. The van der Waals surface area contributed by atoms with Gasteiger partial charge in [-0.3, -0.25) is 4.79 Å². The summed E-state index contributed by atoms with van der Waals surface area (Å²) in [4.78, 5) is 12.5. The van der Waals surface area contributed by atoms with Crippen LogP contribution in [0.25, 0.3) is 0 Å². The van der Waals surface area contributed by atoms with Crippen molar-refractivity contribution in [2.75, 3.05) is 24.9 Å². The summed E-state index contributed by atoms with van der Waals surface area (Å²) >= 11 is 0. The maximum Gasteiger partial charge on any atom is 0.304 e. The lowest BCUT2D eigenvalue weighted by Gasteiger charge is -2.27. The molecule has 2 aromatic carbocycles. The van der Waals surface area contributed by atoms with Crippen LogP contribution in [0.2, 0.25) is 0 Å². The van der Waals surface area contributed by atoms with Crippen molar-refractivity contribution in [1.82, 2.24) is 9.62 Å². The van der Waals surface area contributed by atoms with Gasteiger partial charge in [-0.1, -0.05) is 48.5 Å². The number of nitrogens with zero attached hydrogens (tertiary/aromatic N) is 2. The zero-order chi connectivity index (χ0) is 19.9. The third kappa shape index (κ3) is 6.08. The van der Waals surface area contributed by atoms with Gasteiger partial charge in [-0.2, -0.15) is 12.7 Å². The summed E-state index contributed by atoms with van der Waals surface area (Å²) in [6, 6.07) is 18.6. The maximum absolute atomic E-state index is 12.6. The predicted molar refractivity (Wildman–Crippen MR) is 109 cm³/mol. The van der Waals surface area contributed by atoms with Crippen LogP contribution in [0.1, 0.15) is 18.9 Å². The van der Waals surface area contributed by atoms with Crippen LogP contribution < -0.4 is 9.62 Å². The van der Waals surface area contributed by atoms with E-state index in [9.17, 15) is 13.2 Å². The Balaban J connectivity index is 2.01. The molecule has 0 aliphatic rings. The Morgan fingerprint density at radius 1 is 1.00 bits per heavy atom. The lowest BCUT2D eigenvalue weighted by molar-refractivity contribution is -0.120. The van der Waals surface area contributed by atoms with Gasteiger partial charge in [-0.25, -0.2) is 4.31 Å². The Bertz CT molecular complexity index is 824. The minimum Gasteiger partial charge on any atom is -0.352 e. The van der Waals surface area contributed by atoms with E-state index in [-0.39, 0.29) is 18.5 Å². The molecule has 0 aliphatic heterocycles. The van der Waals surface area contributed by atoms with Gasteiger partial charge in [-0.15, -0.1) is 0 Å². The molecule has 1 atom stereocenters. The highest BCUT2D eigenvalue weighted by Gasteiger charge is 2.27. The fraction of sp³-hybridized carbons (Fsp3) is 0.350. The second-order valence-electron chi connectivity index (χ2n) is 6.63. The summed E-state index contributed by atoms with van der Waals surface area (Å²) in [5.41, 5.74) is 1.66. The first-order chi connectivity index (χ1) is 12.8. The molecule has 0 aliphatic carbocycles. The normalized spacial score (nSPS) is 12.6. The van der Waals surface area contributed by atoms with E-state index in [0.29, 0.717) is 5.69 Å². The van der Waals surface area contributed by atoms with Crippen LogP contribution in [-0.4, -0.2) is 45.3 Å². The topological polar surface area (TPSA) is 69.7 Å². The van der Waals surface area contributed by atoms with Crippen molar-refractivity contribution >= 4 is 21.8 Å². The molecule has 2 rings (SSSR count). The van der Waals surface area contributed by atoms with Gasteiger partial charge in [0.2, 0.25) is 5.91 Å². The fourth-order valence-corrected chi connectivity index (χ4v) is 3.71. The summed E-state index contributed by atoms with van der Waals surface area (Å²) in [5.74, 6) is -0.329. The minimum absolute atomic E-state index is 0.0580. The van der Waals surface area contributed by atoms with Crippen molar-refractivity contribution in [3.8, 4) is 0 Å². The molecule has 0 fully saturated rings. The first kappa shape index (κ1) is 20.9. The van der Waals surface area contributed by atoms with E-state index in [1.807, 2.05) is 25.1 Å². The van der Waals surface area contributed by atoms with E-state index in [1.165, 1.54) is 19.7 Å². The maximum atomic E-state index is 12.6. The largest absolute Gasteiger partial charge is 0.352 e. The summed E-state index contributed by atoms with van der Waals surface area (Å²) in [7, 11) is -0.872. The van der Waals surface area contributed by atoms with Crippen molar-refractivity contribution in [2.45, 2.75) is 25.8 Å². The molecule has 0 saturated heterocycles. The monoisotopic (exact) mass is 389 g/mol. The zero-order valence-corrected chi connectivity index (χ0v) is 16.8. The van der Waals surface area contributed by atoms with Crippen molar-refractivity contribution in [1.29, 1.82) is 0 Å². The minimum atomic E-state index is -3.77. The summed E-state index contributed by atoms with van der Waals surface area (Å²) < 4.78 is 27.5. The Morgan fingerprint density at radius 2 is 1.56 bits per heavy atom. The average molecular weight is 390 g/mol. The van der Waals surface area contributed by atoms with Crippen molar-refractivity contribution in [2.24, 2.45) is 0 Å². The highest BCUT2D eigenvalue weighted by atomic mass is 32.2. The molecular formula is C20H27N3O3S. The van der Waals surface area contributed by atoms with Crippen LogP contribution >= 0.6 is 0 Å². The molecule has 7 heteroatoms. The van der Waals surface area contributed by atoms with Crippen LogP contribution in [0.5, 0.6) is 0 Å². The van der Waals surface area contributed by atoms with Gasteiger partial charge in [-0.05, 0) is 37.5 Å². The lowest BCUT2D eigenvalue weighted by atomic mass is 10.1. The molecule has 0 bridgehead atoms. The predicted octanol–water partition coefficient (Wildman–Crippen LogP) is 2.44. The SMILES string of the molecule is C[C@@H](CCc1ccccc1)NC(=O)CN(c1ccccc1)S(=O)(=O)N(C)C. The highest BCUT2D eigenvalue weighted by Crippen LogP contribution is 2.18. The average Bonchev–Trinajstić information content (AvgIpc) is 2.65. The molecule has 0 unspecified atom stereocenters. The number of carbonyl (C=O) groups is 1. The summed E-state index contributed by atoms with van der Waals surface area (Å²) in [6.07, 6.45) is 1.63. The Labute approximate surface area is 162 Å². The molecule has 2 aromatic rings. The van der Waals surface area contributed by atoms with Gasteiger partial charge < -0.3 is 5.32 Å². The van der Waals surface area contributed by atoms with Crippen LogP contribution in [0.4, 0.5) is 5.69 Å². The second kappa shape index (κ2) is 9.53. The molecule has 0 aromatic heterocycles. The Morgan fingerprint density at radius 3 is 2.11 bits per heavy atom. The van der Waals surface area contributed by atoms with E-state index in [1.54, 1.807) is 30.3 Å². The van der Waals surface area contributed by atoms with Crippen molar-refractivity contribution in [3.63, 3.8) is 0 Å². The van der Waals surface area contributed by atoms with E-state index in [0.717, 1.165) is 21.5 Å². The molecule has 27 heavy (non-hydrogen) atoms. The fourth-order valence-electron chi connectivity index (χ4n) is 2.65. The number of rotatable bonds is 9. The lowest BCUT2D eigenvalue weighted by Crippen LogP contribution is -2.47. The van der Waals surface area contributed by atoms with Gasteiger partial charge in [0, 0.05) is 20.1 Å². The van der Waals surface area contributed by atoms with Gasteiger partial charge in [0.05, 0.1) is 5.69 Å². The zero-order valence-electron chi connectivity index (χ0n) is 16.0. The molecule has 1 N–H and O–H groups in total. The first-order valence-corrected chi connectivity index (χ1v) is 10.3. The smallest absolute Gasteiger partial charge is 0.304 e. The number of para-hydroxylation sites is 1. The van der Waals surface area contributed by atoms with E-state index >= 15 is 0 Å². The number of anilines is 1. The summed E-state index contributed by atoms with van der Waals surface area (Å²) in [5, 5.41) is 2.90. The first-order valence-electron chi connectivity index (χ1n) is 8.89. The molecule has 0 radical (unpaired) electrons. The van der Waals surface area contributed by atoms with Gasteiger partial charge in [0.1, 0.15) is 6.54 Å². The summed E-state index contributed by atoms with van der Waals surface area (Å²) in [6.45, 7) is 1.66. The van der Waals surface area contributed by atoms with Crippen LogP contribution in [-0.2, 0) is 21.4 Å². The van der Waals surface area contributed by atoms with Crippen molar-refractivity contribution < 1.29 is 13.2 Å². The number of carbonyl (C=O) groups excluding carboxylic acids is 1. The van der Waals surface area contributed by atoms with E-state index < -0.39 is 10.2 Å².